The number of hydrogen-bond donors (Lipinski definition) is 1. The Morgan fingerprint density at radius 3 is 2.91 bits per heavy atom. The summed E-state index contributed by atoms with van der Waals surface area (Å²) in [4.78, 5) is 12.3. The van der Waals surface area contributed by atoms with Gasteiger partial charge < -0.3 is 9.88 Å². The van der Waals surface area contributed by atoms with E-state index < -0.39 is 0 Å². The summed E-state index contributed by atoms with van der Waals surface area (Å²) in [6, 6.07) is 7.63. The summed E-state index contributed by atoms with van der Waals surface area (Å²) in [5, 5.41) is 12.3. The highest BCUT2D eigenvalue weighted by Crippen LogP contribution is 2.39. The van der Waals surface area contributed by atoms with Gasteiger partial charge >= 0.3 is 0 Å². The van der Waals surface area contributed by atoms with E-state index in [1.165, 1.54) is 11.8 Å². The molecular weight excluding hydrogens is 320 g/mol. The lowest BCUT2D eigenvalue weighted by Gasteiger charge is -2.13. The average Bonchev–Trinajstić information content (AvgIpc) is 3.24. The van der Waals surface area contributed by atoms with E-state index in [2.05, 4.69) is 20.1 Å². The van der Waals surface area contributed by atoms with E-state index in [4.69, 9.17) is 11.6 Å². The normalized spacial score (nSPS) is 15.6. The third kappa shape index (κ3) is 3.44. The molecule has 1 heterocycles. The molecule has 1 aliphatic carbocycles. The van der Waals surface area contributed by atoms with Crippen molar-refractivity contribution in [3.8, 4) is 0 Å². The van der Waals surface area contributed by atoms with Gasteiger partial charge in [-0.1, -0.05) is 29.4 Å². The highest BCUT2D eigenvalue weighted by Gasteiger charge is 2.29. The molecule has 7 heteroatoms. The number of nitrogens with zero attached hydrogens (tertiary/aromatic N) is 3. The van der Waals surface area contributed by atoms with Crippen molar-refractivity contribution in [2.75, 3.05) is 5.32 Å². The Morgan fingerprint density at radius 2 is 2.23 bits per heavy atom. The minimum Gasteiger partial charge on any atom is -0.325 e. The summed E-state index contributed by atoms with van der Waals surface area (Å²) in [6.45, 7) is 3.82. The molecule has 3 rings (SSSR count). The molecule has 0 unspecified atom stereocenters. The molecule has 116 valence electrons. The average molecular weight is 337 g/mol. The van der Waals surface area contributed by atoms with E-state index in [0.717, 1.165) is 23.8 Å². The van der Waals surface area contributed by atoms with Crippen molar-refractivity contribution in [2.45, 2.75) is 43.1 Å². The summed E-state index contributed by atoms with van der Waals surface area (Å²) >= 11 is 7.36. The van der Waals surface area contributed by atoms with Crippen LogP contribution >= 0.6 is 23.4 Å². The fraction of sp³-hybridized carbons (Fsp3) is 0.400. The molecular formula is C15H17ClN4OS. The van der Waals surface area contributed by atoms with Gasteiger partial charge in [0.2, 0.25) is 5.91 Å². The summed E-state index contributed by atoms with van der Waals surface area (Å²) in [7, 11) is 0. The van der Waals surface area contributed by atoms with E-state index in [1.54, 1.807) is 12.1 Å². The van der Waals surface area contributed by atoms with Crippen LogP contribution in [-0.2, 0) is 4.79 Å². The summed E-state index contributed by atoms with van der Waals surface area (Å²) in [6.07, 6.45) is 2.32. The van der Waals surface area contributed by atoms with Crippen LogP contribution in [0.25, 0.3) is 0 Å². The molecule has 22 heavy (non-hydrogen) atoms. The number of aryl methyl sites for hydroxylation is 1. The molecule has 1 aliphatic rings. The molecule has 0 radical (unpaired) electrons. The molecule has 0 spiro atoms. The van der Waals surface area contributed by atoms with Crippen molar-refractivity contribution in [3.63, 3.8) is 0 Å². The first-order valence-corrected chi connectivity index (χ1v) is 8.45. The second-order valence-electron chi connectivity index (χ2n) is 5.39. The highest BCUT2D eigenvalue weighted by molar-refractivity contribution is 8.00. The van der Waals surface area contributed by atoms with Gasteiger partial charge in [-0.2, -0.15) is 0 Å². The first-order valence-electron chi connectivity index (χ1n) is 7.19. The van der Waals surface area contributed by atoms with Gasteiger partial charge in [0.15, 0.2) is 5.16 Å². The summed E-state index contributed by atoms with van der Waals surface area (Å²) in [5.41, 5.74) is 0.699. The molecule has 1 saturated carbocycles. The van der Waals surface area contributed by atoms with Gasteiger partial charge in [0.25, 0.3) is 0 Å². The van der Waals surface area contributed by atoms with Crippen LogP contribution in [0.2, 0.25) is 5.02 Å². The van der Waals surface area contributed by atoms with Crippen molar-refractivity contribution in [1.29, 1.82) is 0 Å². The molecule has 0 bridgehead atoms. The minimum absolute atomic E-state index is 0.0738. The monoisotopic (exact) mass is 336 g/mol. The van der Waals surface area contributed by atoms with Crippen molar-refractivity contribution >= 4 is 35.0 Å². The summed E-state index contributed by atoms with van der Waals surface area (Å²) < 4.78 is 2.13. The second kappa shape index (κ2) is 6.30. The number of benzene rings is 1. The number of aromatic nitrogens is 3. The number of rotatable bonds is 5. The zero-order chi connectivity index (χ0) is 15.7. The molecule has 2 aromatic rings. The Bertz CT molecular complexity index is 699. The first kappa shape index (κ1) is 15.4. The number of halogens is 1. The smallest absolute Gasteiger partial charge is 0.237 e. The van der Waals surface area contributed by atoms with Crippen molar-refractivity contribution in [1.82, 2.24) is 14.8 Å². The first-order chi connectivity index (χ1) is 10.5. The third-order valence-corrected chi connectivity index (χ3v) is 4.78. The highest BCUT2D eigenvalue weighted by atomic mass is 35.5. The zero-order valence-electron chi connectivity index (χ0n) is 12.4. The lowest BCUT2D eigenvalue weighted by molar-refractivity contribution is -0.115. The van der Waals surface area contributed by atoms with E-state index in [-0.39, 0.29) is 11.2 Å². The predicted molar refractivity (Wildman–Crippen MR) is 88.4 cm³/mol. The second-order valence-corrected chi connectivity index (χ2v) is 7.14. The van der Waals surface area contributed by atoms with Gasteiger partial charge in [0.05, 0.1) is 5.25 Å². The maximum absolute atomic E-state index is 12.3. The van der Waals surface area contributed by atoms with Gasteiger partial charge in [-0.05, 0) is 44.9 Å². The van der Waals surface area contributed by atoms with E-state index in [0.29, 0.717) is 16.8 Å². The molecule has 1 atom stereocenters. The molecule has 0 saturated heterocycles. The molecule has 1 amide bonds. The maximum atomic E-state index is 12.3. The molecule has 1 aromatic carbocycles. The Morgan fingerprint density at radius 1 is 1.45 bits per heavy atom. The number of amides is 1. The lowest BCUT2D eigenvalue weighted by atomic mass is 10.3. The van der Waals surface area contributed by atoms with Crippen LogP contribution in [-0.4, -0.2) is 25.9 Å². The number of anilines is 1. The SMILES string of the molecule is Cc1nnc(S[C@@H](C)C(=O)Nc2cccc(Cl)c2)n1C1CC1. The summed E-state index contributed by atoms with van der Waals surface area (Å²) in [5.74, 6) is 0.836. The van der Waals surface area contributed by atoms with Gasteiger partial charge in [0.1, 0.15) is 5.82 Å². The number of nitrogens with one attached hydrogen (secondary N) is 1. The number of carbonyl (C=O) groups excluding carboxylic acids is 1. The topological polar surface area (TPSA) is 59.8 Å². The van der Waals surface area contributed by atoms with Crippen LogP contribution < -0.4 is 5.32 Å². The van der Waals surface area contributed by atoms with E-state index in [9.17, 15) is 4.79 Å². The van der Waals surface area contributed by atoms with Gasteiger partial charge in [-0.15, -0.1) is 10.2 Å². The molecule has 1 fully saturated rings. The molecule has 1 N–H and O–H groups in total. The fourth-order valence-electron chi connectivity index (χ4n) is 2.21. The quantitative estimate of drug-likeness (QED) is 0.846. The molecule has 5 nitrogen and oxygen atoms in total. The van der Waals surface area contributed by atoms with Crippen LogP contribution in [0, 0.1) is 6.92 Å². The largest absolute Gasteiger partial charge is 0.325 e. The van der Waals surface area contributed by atoms with Crippen molar-refractivity contribution in [2.24, 2.45) is 0 Å². The Balaban J connectivity index is 1.66. The standard InChI is InChI=1S/C15H17ClN4OS/c1-9(14(21)17-12-5-3-4-11(16)8-12)22-15-19-18-10(2)20(15)13-6-7-13/h3-5,8-9,13H,6-7H2,1-2H3,(H,17,21)/t9-/m0/s1. The van der Waals surface area contributed by atoms with Crippen LogP contribution in [0.5, 0.6) is 0 Å². The number of hydrogen-bond acceptors (Lipinski definition) is 4. The molecule has 1 aromatic heterocycles. The Kier molecular flexibility index (Phi) is 4.40. The van der Waals surface area contributed by atoms with Crippen LogP contribution in [0.4, 0.5) is 5.69 Å². The van der Waals surface area contributed by atoms with Crippen LogP contribution in [0.1, 0.15) is 31.6 Å². The van der Waals surface area contributed by atoms with E-state index in [1.807, 2.05) is 26.0 Å². The van der Waals surface area contributed by atoms with Gasteiger partial charge in [0, 0.05) is 16.8 Å². The third-order valence-electron chi connectivity index (χ3n) is 3.49. The van der Waals surface area contributed by atoms with Gasteiger partial charge in [-0.25, -0.2) is 0 Å². The predicted octanol–water partition coefficient (Wildman–Crippen LogP) is 3.69. The number of carbonyl (C=O) groups is 1. The Labute approximate surface area is 138 Å². The lowest BCUT2D eigenvalue weighted by Crippen LogP contribution is -2.22. The molecule has 0 aliphatic heterocycles. The van der Waals surface area contributed by atoms with E-state index >= 15 is 0 Å². The van der Waals surface area contributed by atoms with Crippen LogP contribution in [0.15, 0.2) is 29.4 Å². The fourth-order valence-corrected chi connectivity index (χ4v) is 3.36. The Hall–Kier alpha value is -1.53. The maximum Gasteiger partial charge on any atom is 0.237 e. The zero-order valence-corrected chi connectivity index (χ0v) is 14.0. The van der Waals surface area contributed by atoms with Crippen molar-refractivity contribution < 1.29 is 4.79 Å². The minimum atomic E-state index is -0.264. The van der Waals surface area contributed by atoms with Gasteiger partial charge in [-0.3, -0.25) is 4.79 Å². The van der Waals surface area contributed by atoms with Crippen molar-refractivity contribution in [3.05, 3.63) is 35.1 Å². The van der Waals surface area contributed by atoms with Crippen LogP contribution in [0.3, 0.4) is 0 Å². The number of thioether (sulfide) groups is 1.